The molecular weight excluding hydrogens is 324 g/mol. The molecule has 0 radical (unpaired) electrons. The zero-order chi connectivity index (χ0) is 18.2. The Morgan fingerprint density at radius 2 is 1.65 bits per heavy atom. The molecule has 0 unspecified atom stereocenters. The van der Waals surface area contributed by atoms with Crippen molar-refractivity contribution in [2.75, 3.05) is 6.61 Å². The Kier molecular flexibility index (Phi) is 5.78. The van der Waals surface area contributed by atoms with Crippen LogP contribution in [0.1, 0.15) is 11.1 Å². The van der Waals surface area contributed by atoms with Crippen LogP contribution in [0.3, 0.4) is 0 Å². The molecule has 0 spiro atoms. The van der Waals surface area contributed by atoms with Crippen molar-refractivity contribution in [3.63, 3.8) is 0 Å². The number of carbonyl (C=O) groups is 1. The van der Waals surface area contributed by atoms with Crippen molar-refractivity contribution in [3.8, 4) is 16.9 Å². The second-order valence-corrected chi connectivity index (χ2v) is 5.85. The molecule has 26 heavy (non-hydrogen) atoms. The molecule has 0 saturated carbocycles. The Hall–Kier alpha value is -3.40. The highest BCUT2D eigenvalue weighted by Crippen LogP contribution is 2.29. The average Bonchev–Trinajstić information content (AvgIpc) is 2.69. The summed E-state index contributed by atoms with van der Waals surface area (Å²) >= 11 is 0. The van der Waals surface area contributed by atoms with Crippen molar-refractivity contribution in [2.45, 2.75) is 6.92 Å². The van der Waals surface area contributed by atoms with E-state index in [1.165, 1.54) is 5.56 Å². The molecule has 0 heterocycles. The summed E-state index contributed by atoms with van der Waals surface area (Å²) in [6, 6.07) is 25.4. The van der Waals surface area contributed by atoms with E-state index in [4.69, 9.17) is 4.74 Å². The summed E-state index contributed by atoms with van der Waals surface area (Å²) in [7, 11) is 0. The first-order valence-corrected chi connectivity index (χ1v) is 8.38. The molecule has 4 heteroatoms. The van der Waals surface area contributed by atoms with Gasteiger partial charge >= 0.3 is 0 Å². The molecular formula is C22H20N2O2. The summed E-state index contributed by atoms with van der Waals surface area (Å²) in [5.41, 5.74) is 6.57. The fourth-order valence-corrected chi connectivity index (χ4v) is 2.46. The number of para-hydroxylation sites is 1. The summed E-state index contributed by atoms with van der Waals surface area (Å²) < 4.78 is 5.69. The molecule has 0 aliphatic heterocycles. The van der Waals surface area contributed by atoms with Crippen LogP contribution in [0.5, 0.6) is 5.75 Å². The fourth-order valence-electron chi connectivity index (χ4n) is 2.46. The van der Waals surface area contributed by atoms with Gasteiger partial charge in [0.2, 0.25) is 0 Å². The number of hydrazone groups is 1. The average molecular weight is 344 g/mol. The molecule has 3 aromatic carbocycles. The van der Waals surface area contributed by atoms with Crippen molar-refractivity contribution in [1.29, 1.82) is 0 Å². The van der Waals surface area contributed by atoms with Gasteiger partial charge in [0.25, 0.3) is 5.91 Å². The molecule has 0 atom stereocenters. The van der Waals surface area contributed by atoms with Gasteiger partial charge in [-0.2, -0.15) is 5.10 Å². The molecule has 1 N–H and O–H groups in total. The minimum atomic E-state index is -0.309. The van der Waals surface area contributed by atoms with Crippen LogP contribution in [0.15, 0.2) is 84.0 Å². The Morgan fingerprint density at radius 3 is 2.42 bits per heavy atom. The minimum Gasteiger partial charge on any atom is -0.483 e. The van der Waals surface area contributed by atoms with Gasteiger partial charge in [-0.3, -0.25) is 4.79 Å². The van der Waals surface area contributed by atoms with Crippen LogP contribution in [0.25, 0.3) is 11.1 Å². The van der Waals surface area contributed by atoms with Crippen molar-refractivity contribution in [3.05, 3.63) is 90.0 Å². The Bertz CT molecular complexity index is 888. The lowest BCUT2D eigenvalue weighted by Crippen LogP contribution is -2.24. The predicted octanol–water partition coefficient (Wildman–Crippen LogP) is 4.19. The van der Waals surface area contributed by atoms with Crippen LogP contribution in [-0.2, 0) is 4.79 Å². The van der Waals surface area contributed by atoms with E-state index in [0.29, 0.717) is 5.75 Å². The molecule has 1 amide bonds. The largest absolute Gasteiger partial charge is 0.483 e. The van der Waals surface area contributed by atoms with Gasteiger partial charge in [-0.25, -0.2) is 5.43 Å². The van der Waals surface area contributed by atoms with E-state index in [1.807, 2.05) is 85.8 Å². The number of hydrogen-bond donors (Lipinski definition) is 1. The van der Waals surface area contributed by atoms with Gasteiger partial charge in [0, 0.05) is 5.56 Å². The first kappa shape index (κ1) is 17.4. The monoisotopic (exact) mass is 344 g/mol. The summed E-state index contributed by atoms with van der Waals surface area (Å²) in [5.74, 6) is 0.354. The molecule has 0 saturated heterocycles. The van der Waals surface area contributed by atoms with Crippen molar-refractivity contribution < 1.29 is 9.53 Å². The third-order valence-electron chi connectivity index (χ3n) is 3.81. The summed E-state index contributed by atoms with van der Waals surface area (Å²) in [4.78, 5) is 12.0. The molecule has 3 rings (SSSR count). The highest BCUT2D eigenvalue weighted by atomic mass is 16.5. The molecule has 0 aliphatic rings. The maximum atomic E-state index is 12.0. The maximum absolute atomic E-state index is 12.0. The van der Waals surface area contributed by atoms with E-state index < -0.39 is 0 Å². The summed E-state index contributed by atoms with van der Waals surface area (Å²) in [6.45, 7) is 1.92. The zero-order valence-corrected chi connectivity index (χ0v) is 14.6. The van der Waals surface area contributed by atoms with E-state index in [-0.39, 0.29) is 12.5 Å². The SMILES string of the molecule is Cc1ccc(/C=N\NC(=O)COc2ccccc2-c2ccccc2)cc1. The zero-order valence-electron chi connectivity index (χ0n) is 14.6. The highest BCUT2D eigenvalue weighted by molar-refractivity contribution is 5.83. The number of benzene rings is 3. The van der Waals surface area contributed by atoms with Gasteiger partial charge in [0.15, 0.2) is 6.61 Å². The number of rotatable bonds is 6. The molecule has 0 fully saturated rings. The molecule has 0 bridgehead atoms. The summed E-state index contributed by atoms with van der Waals surface area (Å²) in [6.07, 6.45) is 1.61. The maximum Gasteiger partial charge on any atom is 0.277 e. The Morgan fingerprint density at radius 1 is 0.962 bits per heavy atom. The highest BCUT2D eigenvalue weighted by Gasteiger charge is 2.07. The third-order valence-corrected chi connectivity index (χ3v) is 3.81. The van der Waals surface area contributed by atoms with E-state index in [2.05, 4.69) is 10.5 Å². The quantitative estimate of drug-likeness (QED) is 0.538. The first-order valence-electron chi connectivity index (χ1n) is 8.38. The topological polar surface area (TPSA) is 50.7 Å². The van der Waals surface area contributed by atoms with Gasteiger partial charge in [-0.05, 0) is 24.1 Å². The summed E-state index contributed by atoms with van der Waals surface area (Å²) in [5, 5.41) is 3.96. The van der Waals surface area contributed by atoms with E-state index >= 15 is 0 Å². The number of amides is 1. The van der Waals surface area contributed by atoms with Gasteiger partial charge in [-0.15, -0.1) is 0 Å². The lowest BCUT2D eigenvalue weighted by molar-refractivity contribution is -0.123. The molecule has 0 aliphatic carbocycles. The van der Waals surface area contributed by atoms with Gasteiger partial charge in [0.1, 0.15) is 5.75 Å². The minimum absolute atomic E-state index is 0.102. The van der Waals surface area contributed by atoms with Crippen molar-refractivity contribution in [2.24, 2.45) is 5.10 Å². The lowest BCUT2D eigenvalue weighted by atomic mass is 10.1. The fraction of sp³-hybridized carbons (Fsp3) is 0.0909. The van der Waals surface area contributed by atoms with Crippen LogP contribution in [0.2, 0.25) is 0 Å². The van der Waals surface area contributed by atoms with Gasteiger partial charge < -0.3 is 4.74 Å². The molecule has 0 aromatic heterocycles. The van der Waals surface area contributed by atoms with E-state index in [0.717, 1.165) is 16.7 Å². The normalized spacial score (nSPS) is 10.7. The molecule has 130 valence electrons. The van der Waals surface area contributed by atoms with Crippen LogP contribution >= 0.6 is 0 Å². The number of hydrogen-bond acceptors (Lipinski definition) is 3. The van der Waals surface area contributed by atoms with Crippen LogP contribution in [-0.4, -0.2) is 18.7 Å². The number of carbonyl (C=O) groups excluding carboxylic acids is 1. The van der Waals surface area contributed by atoms with E-state index in [9.17, 15) is 4.79 Å². The number of nitrogens with one attached hydrogen (secondary N) is 1. The number of nitrogens with zero attached hydrogens (tertiary/aromatic N) is 1. The second kappa shape index (κ2) is 8.62. The van der Waals surface area contributed by atoms with Gasteiger partial charge in [0.05, 0.1) is 6.21 Å². The smallest absolute Gasteiger partial charge is 0.277 e. The third kappa shape index (κ3) is 4.80. The van der Waals surface area contributed by atoms with Crippen LogP contribution < -0.4 is 10.2 Å². The van der Waals surface area contributed by atoms with Crippen LogP contribution in [0.4, 0.5) is 0 Å². The van der Waals surface area contributed by atoms with Gasteiger partial charge in [-0.1, -0.05) is 78.4 Å². The van der Waals surface area contributed by atoms with E-state index in [1.54, 1.807) is 6.21 Å². The lowest BCUT2D eigenvalue weighted by Gasteiger charge is -2.10. The Labute approximate surface area is 153 Å². The second-order valence-electron chi connectivity index (χ2n) is 5.85. The molecule has 3 aromatic rings. The van der Waals surface area contributed by atoms with Crippen LogP contribution in [0, 0.1) is 6.92 Å². The first-order chi connectivity index (χ1) is 12.7. The standard InChI is InChI=1S/C22H20N2O2/c1-17-11-13-18(14-12-17)15-23-24-22(25)16-26-21-10-6-5-9-20(21)19-7-3-2-4-8-19/h2-15H,16H2,1H3,(H,24,25)/b23-15-. The number of aryl methyl sites for hydroxylation is 1. The molecule has 4 nitrogen and oxygen atoms in total. The van der Waals surface area contributed by atoms with Crippen molar-refractivity contribution >= 4 is 12.1 Å². The Balaban J connectivity index is 1.57. The predicted molar refractivity (Wildman–Crippen MR) is 104 cm³/mol. The number of ether oxygens (including phenoxy) is 1. The van der Waals surface area contributed by atoms with Crippen molar-refractivity contribution in [1.82, 2.24) is 5.43 Å².